The second kappa shape index (κ2) is 6.79. The number of hydrogen-bond acceptors (Lipinski definition) is 4. The zero-order valence-electron chi connectivity index (χ0n) is 13.6. The number of amides is 1. The van der Waals surface area contributed by atoms with Gasteiger partial charge in [0, 0.05) is 44.5 Å². The lowest BCUT2D eigenvalue weighted by Gasteiger charge is -2.32. The van der Waals surface area contributed by atoms with Gasteiger partial charge in [-0.1, -0.05) is 0 Å². The molecule has 122 valence electrons. The van der Waals surface area contributed by atoms with Gasteiger partial charge >= 0.3 is 0 Å². The van der Waals surface area contributed by atoms with Crippen molar-refractivity contribution in [2.75, 3.05) is 40.3 Å². The van der Waals surface area contributed by atoms with E-state index in [-0.39, 0.29) is 12.0 Å². The van der Waals surface area contributed by atoms with E-state index in [0.29, 0.717) is 13.0 Å². The number of nitrogens with zero attached hydrogens (tertiary/aromatic N) is 4. The predicted octanol–water partition coefficient (Wildman–Crippen LogP) is 0.551. The maximum Gasteiger partial charge on any atom is 0.226 e. The lowest BCUT2D eigenvalue weighted by molar-refractivity contribution is -0.132. The highest BCUT2D eigenvalue weighted by Crippen LogP contribution is 2.19. The monoisotopic (exact) mass is 306 g/mol. The highest BCUT2D eigenvalue weighted by Gasteiger charge is 2.23. The molecule has 22 heavy (non-hydrogen) atoms. The Morgan fingerprint density at radius 3 is 3.14 bits per heavy atom. The zero-order chi connectivity index (χ0) is 15.5. The number of morpholine rings is 1. The Balaban J connectivity index is 1.56. The molecule has 1 unspecified atom stereocenters. The van der Waals surface area contributed by atoms with Crippen molar-refractivity contribution < 1.29 is 9.53 Å². The lowest BCUT2D eigenvalue weighted by atomic mass is 10.0. The summed E-state index contributed by atoms with van der Waals surface area (Å²) in [6.07, 6.45) is 5.88. The van der Waals surface area contributed by atoms with Crippen molar-refractivity contribution in [3.63, 3.8) is 0 Å². The van der Waals surface area contributed by atoms with Crippen molar-refractivity contribution in [3.05, 3.63) is 17.5 Å². The molecule has 6 heteroatoms. The third-order valence-corrected chi connectivity index (χ3v) is 4.66. The molecule has 1 atom stereocenters. The minimum absolute atomic E-state index is 0.119. The van der Waals surface area contributed by atoms with Gasteiger partial charge in [-0.05, 0) is 26.3 Å². The molecule has 0 bridgehead atoms. The van der Waals surface area contributed by atoms with Gasteiger partial charge in [0.1, 0.15) is 0 Å². The third kappa shape index (κ3) is 3.50. The van der Waals surface area contributed by atoms with Crippen molar-refractivity contribution in [2.24, 2.45) is 0 Å². The van der Waals surface area contributed by atoms with Gasteiger partial charge in [0.05, 0.1) is 25.3 Å². The SMILES string of the molecule is CN1CCOC(CN(C)C(=O)Cc2cnn3c2CCCC3)C1. The molecule has 0 radical (unpaired) electrons. The van der Waals surface area contributed by atoms with Crippen molar-refractivity contribution in [1.82, 2.24) is 19.6 Å². The van der Waals surface area contributed by atoms with Crippen LogP contribution in [0.25, 0.3) is 0 Å². The van der Waals surface area contributed by atoms with Crippen LogP contribution in [0.15, 0.2) is 6.20 Å². The van der Waals surface area contributed by atoms with Crippen LogP contribution >= 0.6 is 0 Å². The van der Waals surface area contributed by atoms with Gasteiger partial charge in [-0.25, -0.2) is 0 Å². The largest absolute Gasteiger partial charge is 0.374 e. The summed E-state index contributed by atoms with van der Waals surface area (Å²) < 4.78 is 7.80. The molecule has 0 aromatic carbocycles. The van der Waals surface area contributed by atoms with Gasteiger partial charge < -0.3 is 14.5 Å². The van der Waals surface area contributed by atoms with Crippen molar-refractivity contribution in [2.45, 2.75) is 38.3 Å². The number of ether oxygens (including phenoxy) is 1. The Bertz CT molecular complexity index is 528. The molecule has 1 aromatic heterocycles. The van der Waals surface area contributed by atoms with Gasteiger partial charge in [0.2, 0.25) is 5.91 Å². The average molecular weight is 306 g/mol. The number of aromatic nitrogens is 2. The Labute approximate surface area is 132 Å². The Hall–Kier alpha value is -1.40. The van der Waals surface area contributed by atoms with E-state index in [1.54, 1.807) is 4.90 Å². The van der Waals surface area contributed by atoms with Gasteiger partial charge in [0.25, 0.3) is 0 Å². The summed E-state index contributed by atoms with van der Waals surface area (Å²) in [5.74, 6) is 0.151. The molecule has 2 aliphatic heterocycles. The molecule has 0 spiro atoms. The van der Waals surface area contributed by atoms with Crippen LogP contribution in [0.4, 0.5) is 0 Å². The molecule has 0 N–H and O–H groups in total. The summed E-state index contributed by atoms with van der Waals surface area (Å²) >= 11 is 0. The molecule has 3 rings (SSSR count). The summed E-state index contributed by atoms with van der Waals surface area (Å²) in [4.78, 5) is 16.5. The topological polar surface area (TPSA) is 50.6 Å². The van der Waals surface area contributed by atoms with Crippen molar-refractivity contribution in [3.8, 4) is 0 Å². The first-order valence-corrected chi connectivity index (χ1v) is 8.21. The molecule has 1 aromatic rings. The third-order valence-electron chi connectivity index (χ3n) is 4.66. The molecular formula is C16H26N4O2. The van der Waals surface area contributed by atoms with Crippen LogP contribution in [-0.4, -0.2) is 71.9 Å². The highest BCUT2D eigenvalue weighted by molar-refractivity contribution is 5.78. The van der Waals surface area contributed by atoms with Crippen LogP contribution in [0.3, 0.4) is 0 Å². The zero-order valence-corrected chi connectivity index (χ0v) is 13.6. The van der Waals surface area contributed by atoms with E-state index in [9.17, 15) is 4.79 Å². The van der Waals surface area contributed by atoms with E-state index >= 15 is 0 Å². The highest BCUT2D eigenvalue weighted by atomic mass is 16.5. The molecular weight excluding hydrogens is 280 g/mol. The number of carbonyl (C=O) groups excluding carboxylic acids is 1. The second-order valence-electron chi connectivity index (χ2n) is 6.50. The minimum Gasteiger partial charge on any atom is -0.374 e. The van der Waals surface area contributed by atoms with Crippen LogP contribution in [0.5, 0.6) is 0 Å². The molecule has 2 aliphatic rings. The number of hydrogen-bond donors (Lipinski definition) is 0. The molecule has 1 amide bonds. The molecule has 3 heterocycles. The number of likely N-dealkylation sites (N-methyl/N-ethyl adjacent to an activating group) is 2. The average Bonchev–Trinajstić information content (AvgIpc) is 2.90. The number of carbonyl (C=O) groups is 1. The maximum atomic E-state index is 12.5. The van der Waals surface area contributed by atoms with E-state index < -0.39 is 0 Å². The van der Waals surface area contributed by atoms with E-state index in [1.165, 1.54) is 18.5 Å². The maximum absolute atomic E-state index is 12.5. The quantitative estimate of drug-likeness (QED) is 0.815. The first kappa shape index (κ1) is 15.5. The summed E-state index contributed by atoms with van der Waals surface area (Å²) in [7, 11) is 3.97. The van der Waals surface area contributed by atoms with Gasteiger partial charge in [-0.15, -0.1) is 0 Å². The molecule has 1 saturated heterocycles. The summed E-state index contributed by atoms with van der Waals surface area (Å²) in [5, 5.41) is 4.41. The summed E-state index contributed by atoms with van der Waals surface area (Å²) in [6.45, 7) is 4.26. The molecule has 6 nitrogen and oxygen atoms in total. The summed E-state index contributed by atoms with van der Waals surface area (Å²) in [6, 6.07) is 0. The molecule has 1 fully saturated rings. The first-order valence-electron chi connectivity index (χ1n) is 8.21. The Kier molecular flexibility index (Phi) is 4.78. The van der Waals surface area contributed by atoms with Gasteiger partial charge in [-0.3, -0.25) is 9.48 Å². The fourth-order valence-electron chi connectivity index (χ4n) is 3.32. The normalized spacial score (nSPS) is 22.4. The van der Waals surface area contributed by atoms with E-state index in [4.69, 9.17) is 4.74 Å². The van der Waals surface area contributed by atoms with E-state index in [2.05, 4.69) is 21.7 Å². The van der Waals surface area contributed by atoms with Crippen LogP contribution in [0.2, 0.25) is 0 Å². The van der Waals surface area contributed by atoms with Crippen molar-refractivity contribution >= 4 is 5.91 Å². The van der Waals surface area contributed by atoms with E-state index in [0.717, 1.165) is 38.2 Å². The smallest absolute Gasteiger partial charge is 0.226 e. The Morgan fingerprint density at radius 1 is 1.45 bits per heavy atom. The van der Waals surface area contributed by atoms with Crippen LogP contribution in [-0.2, 0) is 28.9 Å². The number of fused-ring (bicyclic) bond motifs is 1. The summed E-state index contributed by atoms with van der Waals surface area (Å²) in [5.41, 5.74) is 2.35. The first-order chi connectivity index (χ1) is 10.6. The van der Waals surface area contributed by atoms with Crippen LogP contribution in [0.1, 0.15) is 24.1 Å². The van der Waals surface area contributed by atoms with Crippen LogP contribution < -0.4 is 0 Å². The predicted molar refractivity (Wildman–Crippen MR) is 83.7 cm³/mol. The standard InChI is InChI=1S/C16H26N4O2/c1-18-7-8-22-14(11-18)12-19(2)16(21)9-13-10-17-20-6-4-3-5-15(13)20/h10,14H,3-9,11-12H2,1-2H3. The number of aryl methyl sites for hydroxylation is 1. The van der Waals surface area contributed by atoms with Crippen molar-refractivity contribution in [1.29, 1.82) is 0 Å². The van der Waals surface area contributed by atoms with Gasteiger partial charge in [-0.2, -0.15) is 5.10 Å². The fraction of sp³-hybridized carbons (Fsp3) is 0.750. The van der Waals surface area contributed by atoms with E-state index in [1.807, 2.05) is 13.2 Å². The minimum atomic E-state index is 0.119. The number of rotatable bonds is 4. The Morgan fingerprint density at radius 2 is 2.32 bits per heavy atom. The molecule has 0 aliphatic carbocycles. The van der Waals surface area contributed by atoms with Gasteiger partial charge in [0.15, 0.2) is 0 Å². The van der Waals surface area contributed by atoms with Crippen LogP contribution in [0, 0.1) is 0 Å². The second-order valence-corrected chi connectivity index (χ2v) is 6.50. The molecule has 0 saturated carbocycles. The lowest BCUT2D eigenvalue weighted by Crippen LogP contribution is -2.46. The fourth-order valence-corrected chi connectivity index (χ4v) is 3.32.